The van der Waals surface area contributed by atoms with E-state index in [4.69, 9.17) is 4.74 Å². The van der Waals surface area contributed by atoms with Crippen LogP contribution in [0.1, 0.15) is 40.5 Å². The predicted octanol–water partition coefficient (Wildman–Crippen LogP) is 1.05. The van der Waals surface area contributed by atoms with Crippen molar-refractivity contribution in [3.05, 3.63) is 0 Å². The Hall–Kier alpha value is -0.610. The van der Waals surface area contributed by atoms with Crippen molar-refractivity contribution >= 4 is 5.97 Å². The number of hydrogen-bond acceptors (Lipinski definition) is 3. The summed E-state index contributed by atoms with van der Waals surface area (Å²) >= 11 is 0. The molecule has 0 aliphatic carbocycles. The van der Waals surface area contributed by atoms with Gasteiger partial charge in [-0.15, -0.1) is 0 Å². The van der Waals surface area contributed by atoms with Crippen LogP contribution in [0.4, 0.5) is 0 Å². The molecule has 0 saturated carbocycles. The Bertz CT molecular complexity index is 180. The van der Waals surface area contributed by atoms with Crippen LogP contribution in [0.15, 0.2) is 0 Å². The molecule has 0 unspecified atom stereocenters. The standard InChI is InChI=1S/C9H22NO.C4H8O2/c1-5-10(4,6-2)8-9-11-7-3;1-2-3-4(5)6/h5-9H2,1-4H3;2-3H2,1H3,(H,5,6)/q+1;/p-1. The van der Waals surface area contributed by atoms with Gasteiger partial charge in [-0.05, 0) is 27.2 Å². The average Bonchev–Trinajstić information content (AvgIpc) is 2.30. The number of quaternary nitrogens is 1. The third kappa shape index (κ3) is 13.3. The lowest BCUT2D eigenvalue weighted by atomic mass is 10.4. The van der Waals surface area contributed by atoms with Gasteiger partial charge >= 0.3 is 0 Å². The van der Waals surface area contributed by atoms with E-state index in [1.807, 2.05) is 6.92 Å². The highest BCUT2D eigenvalue weighted by atomic mass is 16.5. The van der Waals surface area contributed by atoms with E-state index in [1.165, 1.54) is 13.1 Å². The Morgan fingerprint density at radius 1 is 1.18 bits per heavy atom. The van der Waals surface area contributed by atoms with Gasteiger partial charge in [0.25, 0.3) is 0 Å². The normalized spacial score (nSPS) is 10.6. The molecule has 0 fully saturated rings. The fraction of sp³-hybridized carbons (Fsp3) is 0.923. The Labute approximate surface area is 106 Å². The lowest BCUT2D eigenvalue weighted by molar-refractivity contribution is -0.906. The Morgan fingerprint density at radius 3 is 1.94 bits per heavy atom. The minimum atomic E-state index is -0.961. The zero-order valence-corrected chi connectivity index (χ0v) is 12.1. The van der Waals surface area contributed by atoms with Crippen LogP contribution >= 0.6 is 0 Å². The first-order valence-corrected chi connectivity index (χ1v) is 6.56. The van der Waals surface area contributed by atoms with Gasteiger partial charge in [0.1, 0.15) is 6.54 Å². The maximum Gasteiger partial charge on any atom is 0.102 e. The van der Waals surface area contributed by atoms with Crippen LogP contribution in [-0.2, 0) is 9.53 Å². The van der Waals surface area contributed by atoms with Crippen molar-refractivity contribution < 1.29 is 19.1 Å². The number of rotatable bonds is 8. The fourth-order valence-electron chi connectivity index (χ4n) is 1.17. The summed E-state index contributed by atoms with van der Waals surface area (Å²) in [7, 11) is 2.28. The van der Waals surface area contributed by atoms with E-state index < -0.39 is 5.97 Å². The SMILES string of the molecule is CCCC(=O)[O-].CCOCC[N+](C)(CC)CC. The van der Waals surface area contributed by atoms with Gasteiger partial charge in [-0.1, -0.05) is 13.3 Å². The van der Waals surface area contributed by atoms with E-state index in [9.17, 15) is 9.90 Å². The van der Waals surface area contributed by atoms with Crippen molar-refractivity contribution in [2.75, 3.05) is 39.9 Å². The van der Waals surface area contributed by atoms with E-state index in [0.717, 1.165) is 24.2 Å². The predicted molar refractivity (Wildman–Crippen MR) is 68.5 cm³/mol. The number of carboxylic acids is 1. The van der Waals surface area contributed by atoms with Gasteiger partial charge in [-0.2, -0.15) is 0 Å². The molecule has 0 aromatic heterocycles. The van der Waals surface area contributed by atoms with E-state index in [2.05, 4.69) is 20.9 Å². The summed E-state index contributed by atoms with van der Waals surface area (Å²) in [5.74, 6) is -0.961. The van der Waals surface area contributed by atoms with E-state index in [1.54, 1.807) is 6.92 Å². The molecule has 0 aromatic carbocycles. The maximum atomic E-state index is 9.49. The van der Waals surface area contributed by atoms with Gasteiger partial charge in [0, 0.05) is 12.6 Å². The second kappa shape index (κ2) is 11.9. The summed E-state index contributed by atoms with van der Waals surface area (Å²) in [5.41, 5.74) is 0. The van der Waals surface area contributed by atoms with Gasteiger partial charge in [0.2, 0.25) is 0 Å². The van der Waals surface area contributed by atoms with Crippen LogP contribution in [-0.4, -0.2) is 50.3 Å². The molecular formula is C13H29NO3. The smallest absolute Gasteiger partial charge is 0.102 e. The van der Waals surface area contributed by atoms with Crippen LogP contribution in [0, 0.1) is 0 Å². The topological polar surface area (TPSA) is 49.4 Å². The molecule has 0 radical (unpaired) electrons. The second-order valence-electron chi connectivity index (χ2n) is 4.29. The van der Waals surface area contributed by atoms with Crippen molar-refractivity contribution in [2.24, 2.45) is 0 Å². The monoisotopic (exact) mass is 247 g/mol. The maximum absolute atomic E-state index is 9.49. The molecule has 0 rings (SSSR count). The van der Waals surface area contributed by atoms with Crippen molar-refractivity contribution in [3.8, 4) is 0 Å². The molecule has 4 nitrogen and oxygen atoms in total. The number of carboxylic acid groups (broad SMARTS) is 1. The molecule has 0 aromatic rings. The molecule has 0 spiro atoms. The summed E-state index contributed by atoms with van der Waals surface area (Å²) in [5, 5.41) is 9.49. The average molecular weight is 247 g/mol. The molecule has 0 bridgehead atoms. The summed E-state index contributed by atoms with van der Waals surface area (Å²) in [6.45, 7) is 13.6. The molecule has 104 valence electrons. The van der Waals surface area contributed by atoms with E-state index in [-0.39, 0.29) is 6.42 Å². The number of aliphatic carboxylic acids is 1. The minimum Gasteiger partial charge on any atom is -0.550 e. The second-order valence-corrected chi connectivity index (χ2v) is 4.29. The number of carbonyl (C=O) groups excluding carboxylic acids is 1. The number of likely N-dealkylation sites (N-methyl/N-ethyl adjacent to an activating group) is 1. The summed E-state index contributed by atoms with van der Waals surface area (Å²) in [4.78, 5) is 9.49. The number of carbonyl (C=O) groups is 1. The lowest BCUT2D eigenvalue weighted by Gasteiger charge is -2.31. The molecule has 0 heterocycles. The first kappa shape index (κ1) is 18.7. The van der Waals surface area contributed by atoms with Crippen LogP contribution in [0.5, 0.6) is 0 Å². The molecule has 0 saturated heterocycles. The lowest BCUT2D eigenvalue weighted by Crippen LogP contribution is -2.45. The largest absolute Gasteiger partial charge is 0.550 e. The molecule has 0 aliphatic rings. The minimum absolute atomic E-state index is 0.181. The highest BCUT2D eigenvalue weighted by molar-refractivity contribution is 5.63. The van der Waals surface area contributed by atoms with Gasteiger partial charge < -0.3 is 19.1 Å². The molecule has 0 amide bonds. The molecule has 17 heavy (non-hydrogen) atoms. The zero-order valence-electron chi connectivity index (χ0n) is 12.1. The summed E-state index contributed by atoms with van der Waals surface area (Å²) in [6.07, 6.45) is 0.850. The van der Waals surface area contributed by atoms with Crippen molar-refractivity contribution in [1.82, 2.24) is 0 Å². The first-order valence-electron chi connectivity index (χ1n) is 6.56. The fourth-order valence-corrected chi connectivity index (χ4v) is 1.17. The van der Waals surface area contributed by atoms with E-state index in [0.29, 0.717) is 6.42 Å². The van der Waals surface area contributed by atoms with Gasteiger partial charge in [0.05, 0.1) is 26.7 Å². The van der Waals surface area contributed by atoms with Crippen molar-refractivity contribution in [2.45, 2.75) is 40.5 Å². The Morgan fingerprint density at radius 2 is 1.71 bits per heavy atom. The molecule has 0 N–H and O–H groups in total. The van der Waals surface area contributed by atoms with Crippen molar-refractivity contribution in [3.63, 3.8) is 0 Å². The molecule has 0 aliphatic heterocycles. The van der Waals surface area contributed by atoms with Crippen LogP contribution in [0.2, 0.25) is 0 Å². The third-order valence-electron chi connectivity index (χ3n) is 2.96. The van der Waals surface area contributed by atoms with Crippen LogP contribution in [0.25, 0.3) is 0 Å². The first-order chi connectivity index (χ1) is 7.95. The highest BCUT2D eigenvalue weighted by Gasteiger charge is 2.14. The van der Waals surface area contributed by atoms with Gasteiger partial charge in [-0.3, -0.25) is 0 Å². The van der Waals surface area contributed by atoms with Crippen LogP contribution < -0.4 is 5.11 Å². The summed E-state index contributed by atoms with van der Waals surface area (Å²) < 4.78 is 6.44. The van der Waals surface area contributed by atoms with E-state index >= 15 is 0 Å². The number of ether oxygens (including phenoxy) is 1. The number of hydrogen-bond donors (Lipinski definition) is 0. The molecule has 4 heteroatoms. The van der Waals surface area contributed by atoms with Crippen LogP contribution in [0.3, 0.4) is 0 Å². The Balaban J connectivity index is 0. The Kier molecular flexibility index (Phi) is 13.1. The molecule has 0 atom stereocenters. The zero-order chi connectivity index (χ0) is 13.7. The van der Waals surface area contributed by atoms with Gasteiger partial charge in [0.15, 0.2) is 0 Å². The van der Waals surface area contributed by atoms with Crippen molar-refractivity contribution in [1.29, 1.82) is 0 Å². The van der Waals surface area contributed by atoms with Gasteiger partial charge in [-0.25, -0.2) is 0 Å². The number of nitrogens with zero attached hydrogens (tertiary/aromatic N) is 1. The quantitative estimate of drug-likeness (QED) is 0.476. The third-order valence-corrected chi connectivity index (χ3v) is 2.96. The molecular weight excluding hydrogens is 218 g/mol. The highest BCUT2D eigenvalue weighted by Crippen LogP contribution is 1.99. The summed E-state index contributed by atoms with van der Waals surface area (Å²) in [6, 6.07) is 0.